The largest absolute Gasteiger partial charge is 0.458 e. The fraction of sp³-hybridized carbons (Fsp3) is 0.200. The molecule has 1 aliphatic rings. The van der Waals surface area contributed by atoms with Crippen LogP contribution in [0.2, 0.25) is 0 Å². The van der Waals surface area contributed by atoms with Crippen molar-refractivity contribution in [2.24, 2.45) is 0 Å². The maximum Gasteiger partial charge on any atom is 0.251 e. The number of carbonyl (C=O) groups is 3. The van der Waals surface area contributed by atoms with E-state index < -0.39 is 11.8 Å². The molecule has 4 rings (SSSR count). The van der Waals surface area contributed by atoms with Crippen LogP contribution in [0, 0.1) is 0 Å². The third-order valence-corrected chi connectivity index (χ3v) is 4.98. The average molecular weight is 442 g/mol. The van der Waals surface area contributed by atoms with Gasteiger partial charge in [-0.05, 0) is 30.3 Å². The van der Waals surface area contributed by atoms with Gasteiger partial charge in [-0.2, -0.15) is 0 Å². The predicted octanol–water partition coefficient (Wildman–Crippen LogP) is 2.14. The Morgan fingerprint density at radius 1 is 1.10 bits per heavy atom. The van der Waals surface area contributed by atoms with Crippen LogP contribution < -0.4 is 25.4 Å². The fourth-order valence-electron chi connectivity index (χ4n) is 2.73. The highest BCUT2D eigenvalue weighted by Gasteiger charge is 2.17. The second-order valence-corrected chi connectivity index (χ2v) is 7.37. The zero-order valence-electron chi connectivity index (χ0n) is 16.4. The molecule has 11 heteroatoms. The third-order valence-electron chi connectivity index (χ3n) is 4.22. The molecule has 0 aliphatic carbocycles. The van der Waals surface area contributed by atoms with E-state index in [0.29, 0.717) is 39.4 Å². The van der Waals surface area contributed by atoms with Crippen LogP contribution in [0.25, 0.3) is 11.5 Å². The summed E-state index contributed by atoms with van der Waals surface area (Å²) < 4.78 is 16.1. The molecule has 10 nitrogen and oxygen atoms in total. The van der Waals surface area contributed by atoms with Gasteiger partial charge in [0.05, 0.1) is 13.1 Å². The van der Waals surface area contributed by atoms with Gasteiger partial charge in [-0.3, -0.25) is 14.4 Å². The number of furan rings is 1. The highest BCUT2D eigenvalue weighted by atomic mass is 32.1. The molecular formula is C20H18N4O6S. The quantitative estimate of drug-likeness (QED) is 0.511. The van der Waals surface area contributed by atoms with Crippen molar-refractivity contribution in [3.05, 3.63) is 47.0 Å². The Labute approximate surface area is 180 Å². The van der Waals surface area contributed by atoms with Crippen molar-refractivity contribution in [3.8, 4) is 23.0 Å². The lowest BCUT2D eigenvalue weighted by molar-refractivity contribution is -0.119. The summed E-state index contributed by atoms with van der Waals surface area (Å²) >= 11 is 1.23. The minimum atomic E-state index is -0.416. The average Bonchev–Trinajstić information content (AvgIpc) is 3.50. The smallest absolute Gasteiger partial charge is 0.251 e. The first-order chi connectivity index (χ1) is 15.0. The number of ether oxygens (including phenoxy) is 2. The Balaban J connectivity index is 1.29. The van der Waals surface area contributed by atoms with Crippen LogP contribution in [0.5, 0.6) is 11.5 Å². The number of hydrogen-bond donors (Lipinski definition) is 3. The van der Waals surface area contributed by atoms with Crippen LogP contribution in [-0.4, -0.2) is 36.0 Å². The van der Waals surface area contributed by atoms with Gasteiger partial charge in [0.1, 0.15) is 11.5 Å². The van der Waals surface area contributed by atoms with E-state index in [2.05, 4.69) is 20.9 Å². The molecular weight excluding hydrogens is 424 g/mol. The highest BCUT2D eigenvalue weighted by molar-refractivity contribution is 7.14. The number of nitrogens with zero attached hydrogens (tertiary/aromatic N) is 1. The normalized spacial score (nSPS) is 11.8. The Kier molecular flexibility index (Phi) is 5.85. The first kappa shape index (κ1) is 20.4. The van der Waals surface area contributed by atoms with E-state index in [1.807, 2.05) is 0 Å². The number of fused-ring (bicyclic) bond motifs is 1. The van der Waals surface area contributed by atoms with Gasteiger partial charge in [-0.25, -0.2) is 4.98 Å². The molecule has 0 saturated carbocycles. The van der Waals surface area contributed by atoms with E-state index in [-0.39, 0.29) is 25.8 Å². The van der Waals surface area contributed by atoms with Gasteiger partial charge < -0.3 is 29.8 Å². The predicted molar refractivity (Wildman–Crippen MR) is 111 cm³/mol. The lowest BCUT2D eigenvalue weighted by Gasteiger charge is -2.06. The lowest BCUT2D eigenvalue weighted by atomic mass is 10.2. The SMILES string of the molecule is CC(=O)NCc1ccc(-c2csc(NC(=O)CNC(=O)c3ccc4c(c3)OCO4)n2)o1. The molecule has 1 aromatic carbocycles. The van der Waals surface area contributed by atoms with Gasteiger partial charge in [-0.1, -0.05) is 0 Å². The molecule has 0 atom stereocenters. The van der Waals surface area contributed by atoms with Gasteiger partial charge in [0.25, 0.3) is 5.91 Å². The van der Waals surface area contributed by atoms with Crippen LogP contribution in [0.4, 0.5) is 5.13 Å². The topological polar surface area (TPSA) is 132 Å². The maximum absolute atomic E-state index is 12.2. The third kappa shape index (κ3) is 5.01. The maximum atomic E-state index is 12.2. The molecule has 31 heavy (non-hydrogen) atoms. The second kappa shape index (κ2) is 8.88. The molecule has 3 amide bonds. The van der Waals surface area contributed by atoms with E-state index in [1.54, 1.807) is 35.7 Å². The first-order valence-corrected chi connectivity index (χ1v) is 10.1. The van der Waals surface area contributed by atoms with Crippen molar-refractivity contribution in [3.63, 3.8) is 0 Å². The van der Waals surface area contributed by atoms with Crippen molar-refractivity contribution in [2.75, 3.05) is 18.7 Å². The number of thiazole rings is 1. The fourth-order valence-corrected chi connectivity index (χ4v) is 3.45. The number of hydrogen-bond acceptors (Lipinski definition) is 8. The molecule has 0 spiro atoms. The van der Waals surface area contributed by atoms with E-state index in [1.165, 1.54) is 18.3 Å². The minimum Gasteiger partial charge on any atom is -0.458 e. The summed E-state index contributed by atoms with van der Waals surface area (Å²) in [6, 6.07) is 8.28. The second-order valence-electron chi connectivity index (χ2n) is 6.51. The molecule has 3 heterocycles. The number of carbonyl (C=O) groups excluding carboxylic acids is 3. The Hall–Kier alpha value is -3.86. The zero-order chi connectivity index (χ0) is 21.8. The van der Waals surface area contributed by atoms with Crippen molar-refractivity contribution < 1.29 is 28.3 Å². The van der Waals surface area contributed by atoms with E-state index in [9.17, 15) is 14.4 Å². The molecule has 0 bridgehead atoms. The van der Waals surface area contributed by atoms with Crippen LogP contribution in [0.1, 0.15) is 23.0 Å². The van der Waals surface area contributed by atoms with Crippen LogP contribution >= 0.6 is 11.3 Å². The molecule has 0 fully saturated rings. The molecule has 1 aliphatic heterocycles. The lowest BCUT2D eigenvalue weighted by Crippen LogP contribution is -2.32. The van der Waals surface area contributed by atoms with Gasteiger partial charge in [-0.15, -0.1) is 11.3 Å². The number of benzene rings is 1. The standard InChI is InChI=1S/C20H18N4O6S/c1-11(25)21-7-13-3-5-15(30-13)14-9-31-20(23-14)24-18(26)8-22-19(27)12-2-4-16-17(6-12)29-10-28-16/h2-6,9H,7-8,10H2,1H3,(H,21,25)(H,22,27)(H,23,24,26). The first-order valence-electron chi connectivity index (χ1n) is 9.24. The van der Waals surface area contributed by atoms with E-state index >= 15 is 0 Å². The van der Waals surface area contributed by atoms with Crippen LogP contribution in [0.3, 0.4) is 0 Å². The van der Waals surface area contributed by atoms with Crippen LogP contribution in [-0.2, 0) is 16.1 Å². The number of rotatable bonds is 7. The molecule has 2 aromatic heterocycles. The number of anilines is 1. The number of nitrogens with one attached hydrogen (secondary N) is 3. The summed E-state index contributed by atoms with van der Waals surface area (Å²) in [6.07, 6.45) is 0. The number of amides is 3. The zero-order valence-corrected chi connectivity index (χ0v) is 17.2. The summed E-state index contributed by atoms with van der Waals surface area (Å²) in [6.45, 7) is 1.61. The summed E-state index contributed by atoms with van der Waals surface area (Å²) in [5.74, 6) is 1.21. The molecule has 3 aromatic rings. The van der Waals surface area contributed by atoms with Crippen molar-refractivity contribution >= 4 is 34.2 Å². The molecule has 160 valence electrons. The monoisotopic (exact) mass is 442 g/mol. The summed E-state index contributed by atoms with van der Waals surface area (Å²) in [5, 5.41) is 9.95. The summed E-state index contributed by atoms with van der Waals surface area (Å²) in [7, 11) is 0. The molecule has 0 radical (unpaired) electrons. The van der Waals surface area contributed by atoms with Crippen molar-refractivity contribution in [1.29, 1.82) is 0 Å². The van der Waals surface area contributed by atoms with Gasteiger partial charge >= 0.3 is 0 Å². The van der Waals surface area contributed by atoms with E-state index in [0.717, 1.165) is 0 Å². The Morgan fingerprint density at radius 2 is 1.94 bits per heavy atom. The highest BCUT2D eigenvalue weighted by Crippen LogP contribution is 2.32. The number of aromatic nitrogens is 1. The van der Waals surface area contributed by atoms with Gasteiger partial charge in [0, 0.05) is 17.9 Å². The molecule has 3 N–H and O–H groups in total. The van der Waals surface area contributed by atoms with Crippen molar-refractivity contribution in [1.82, 2.24) is 15.6 Å². The van der Waals surface area contributed by atoms with Gasteiger partial charge in [0.2, 0.25) is 18.6 Å². The summed E-state index contributed by atoms with van der Waals surface area (Å²) in [4.78, 5) is 39.7. The Bertz CT molecular complexity index is 1140. The van der Waals surface area contributed by atoms with Crippen LogP contribution in [0.15, 0.2) is 40.1 Å². The minimum absolute atomic E-state index is 0.118. The van der Waals surface area contributed by atoms with Crippen molar-refractivity contribution in [2.45, 2.75) is 13.5 Å². The molecule has 0 unspecified atom stereocenters. The summed E-state index contributed by atoms with van der Waals surface area (Å²) in [5.41, 5.74) is 0.917. The Morgan fingerprint density at radius 3 is 2.77 bits per heavy atom. The van der Waals surface area contributed by atoms with E-state index in [4.69, 9.17) is 13.9 Å². The van der Waals surface area contributed by atoms with Gasteiger partial charge in [0.15, 0.2) is 22.4 Å². The molecule has 0 saturated heterocycles.